The number of aliphatic carboxylic acids is 1. The normalized spacial score (nSPS) is 14.2. The average Bonchev–Trinajstić information content (AvgIpc) is 2.91. The minimum Gasteiger partial charge on any atom is -0.480 e. The van der Waals surface area contributed by atoms with E-state index in [4.69, 9.17) is 10.8 Å². The van der Waals surface area contributed by atoms with Crippen molar-refractivity contribution in [1.29, 1.82) is 0 Å². The summed E-state index contributed by atoms with van der Waals surface area (Å²) in [6.07, 6.45) is 1.27. The summed E-state index contributed by atoms with van der Waals surface area (Å²) in [6.45, 7) is 0. The molecule has 0 amide bonds. The standard InChI is InChI=1S/C14H18N4O5S2/c1-17-9-16-18(14(17)21)12(24-7-11(15)13(19)20)8-25(22,23)10-5-3-2-4-6-10/h2-6,9,11-12H,7-8,15H2,1H3,(H,19,20)/t11-,12?/m0/s1. The average molecular weight is 386 g/mol. The van der Waals surface area contributed by atoms with E-state index in [2.05, 4.69) is 5.10 Å². The van der Waals surface area contributed by atoms with E-state index in [0.717, 1.165) is 16.4 Å². The summed E-state index contributed by atoms with van der Waals surface area (Å²) >= 11 is 0.962. The first kappa shape index (κ1) is 19.2. The SMILES string of the molecule is Cn1cnn(C(CS(=O)(=O)c2ccccc2)SC[C@H](N)C(=O)O)c1=O. The summed E-state index contributed by atoms with van der Waals surface area (Å²) < 4.78 is 27.4. The van der Waals surface area contributed by atoms with Crippen LogP contribution in [0.2, 0.25) is 0 Å². The third kappa shape index (κ3) is 4.71. The lowest BCUT2D eigenvalue weighted by Crippen LogP contribution is -2.35. The number of sulfone groups is 1. The van der Waals surface area contributed by atoms with Crippen molar-refractivity contribution >= 4 is 27.6 Å². The molecular weight excluding hydrogens is 368 g/mol. The third-order valence-electron chi connectivity index (χ3n) is 3.37. The molecule has 1 aromatic carbocycles. The summed E-state index contributed by atoms with van der Waals surface area (Å²) in [4.78, 5) is 23.1. The fraction of sp³-hybridized carbons (Fsp3) is 0.357. The molecule has 0 aliphatic rings. The van der Waals surface area contributed by atoms with E-state index in [0.29, 0.717) is 0 Å². The van der Waals surface area contributed by atoms with Gasteiger partial charge in [0.2, 0.25) is 0 Å². The second-order valence-electron chi connectivity index (χ2n) is 5.30. The predicted octanol–water partition coefficient (Wildman–Crippen LogP) is -0.301. The Morgan fingerprint density at radius 1 is 1.36 bits per heavy atom. The fourth-order valence-corrected chi connectivity index (χ4v) is 5.04. The van der Waals surface area contributed by atoms with E-state index >= 15 is 0 Å². The molecule has 0 fully saturated rings. The maximum atomic E-state index is 12.6. The van der Waals surface area contributed by atoms with Gasteiger partial charge in [0, 0.05) is 12.8 Å². The van der Waals surface area contributed by atoms with Gasteiger partial charge >= 0.3 is 11.7 Å². The molecular formula is C14H18N4O5S2. The van der Waals surface area contributed by atoms with Crippen molar-refractivity contribution < 1.29 is 18.3 Å². The van der Waals surface area contributed by atoms with Crippen LogP contribution in [0.1, 0.15) is 5.37 Å². The molecule has 0 aliphatic heterocycles. The van der Waals surface area contributed by atoms with Gasteiger partial charge in [0.1, 0.15) is 17.7 Å². The van der Waals surface area contributed by atoms with Gasteiger partial charge < -0.3 is 10.8 Å². The van der Waals surface area contributed by atoms with Gasteiger partial charge in [-0.05, 0) is 12.1 Å². The van der Waals surface area contributed by atoms with Crippen molar-refractivity contribution in [3.05, 3.63) is 47.1 Å². The van der Waals surface area contributed by atoms with E-state index < -0.39 is 38.7 Å². The number of carboxylic acid groups (broad SMARTS) is 1. The molecule has 0 aliphatic carbocycles. The van der Waals surface area contributed by atoms with Gasteiger partial charge in [-0.15, -0.1) is 11.8 Å². The Morgan fingerprint density at radius 2 is 2.00 bits per heavy atom. The van der Waals surface area contributed by atoms with Crippen LogP contribution in [0.15, 0.2) is 46.3 Å². The number of hydrogen-bond donors (Lipinski definition) is 2. The Morgan fingerprint density at radius 3 is 2.52 bits per heavy atom. The van der Waals surface area contributed by atoms with Gasteiger partial charge in [0.25, 0.3) is 0 Å². The summed E-state index contributed by atoms with van der Waals surface area (Å²) in [5.74, 6) is -1.68. The minimum absolute atomic E-state index is 0.0622. The van der Waals surface area contributed by atoms with Crippen molar-refractivity contribution in [2.24, 2.45) is 12.8 Å². The predicted molar refractivity (Wildman–Crippen MR) is 93.1 cm³/mol. The van der Waals surface area contributed by atoms with Crippen LogP contribution in [0.25, 0.3) is 0 Å². The molecule has 1 heterocycles. The Hall–Kier alpha value is -2.11. The number of nitrogens with two attached hydrogens (primary N) is 1. The number of hydrogen-bond acceptors (Lipinski definition) is 7. The highest BCUT2D eigenvalue weighted by molar-refractivity contribution is 8.00. The maximum absolute atomic E-state index is 12.6. The van der Waals surface area contributed by atoms with Crippen molar-refractivity contribution in [3.8, 4) is 0 Å². The largest absolute Gasteiger partial charge is 0.480 e. The molecule has 0 radical (unpaired) electrons. The molecule has 3 N–H and O–H groups in total. The van der Waals surface area contributed by atoms with Crippen LogP contribution >= 0.6 is 11.8 Å². The van der Waals surface area contributed by atoms with Crippen LogP contribution < -0.4 is 11.4 Å². The quantitative estimate of drug-likeness (QED) is 0.631. The van der Waals surface area contributed by atoms with Gasteiger partial charge in [-0.25, -0.2) is 13.2 Å². The van der Waals surface area contributed by atoms with E-state index in [1.54, 1.807) is 18.2 Å². The Kier molecular flexibility index (Phi) is 6.03. The number of carboxylic acids is 1. The first-order valence-corrected chi connectivity index (χ1v) is 9.90. The first-order valence-electron chi connectivity index (χ1n) is 7.20. The lowest BCUT2D eigenvalue weighted by atomic mass is 10.4. The molecule has 2 rings (SSSR count). The van der Waals surface area contributed by atoms with Crippen molar-refractivity contribution in [3.63, 3.8) is 0 Å². The number of benzene rings is 1. The van der Waals surface area contributed by atoms with Crippen LogP contribution in [0.4, 0.5) is 0 Å². The molecule has 1 aromatic heterocycles. The molecule has 9 nitrogen and oxygen atoms in total. The molecule has 11 heteroatoms. The zero-order valence-corrected chi connectivity index (χ0v) is 15.0. The van der Waals surface area contributed by atoms with E-state index in [9.17, 15) is 18.0 Å². The van der Waals surface area contributed by atoms with Crippen LogP contribution in [-0.2, 0) is 21.7 Å². The van der Waals surface area contributed by atoms with Crippen molar-refractivity contribution in [2.75, 3.05) is 11.5 Å². The van der Waals surface area contributed by atoms with Gasteiger partial charge in [-0.3, -0.25) is 9.36 Å². The second kappa shape index (κ2) is 7.85. The summed E-state index contributed by atoms with van der Waals surface area (Å²) in [7, 11) is -2.21. The summed E-state index contributed by atoms with van der Waals surface area (Å²) in [6, 6.07) is 6.64. The molecule has 0 spiro atoms. The number of aromatic nitrogens is 3. The molecule has 0 saturated carbocycles. The highest BCUT2D eigenvalue weighted by Gasteiger charge is 2.27. The summed E-state index contributed by atoms with van der Waals surface area (Å²) in [5, 5.41) is 11.9. The van der Waals surface area contributed by atoms with Gasteiger partial charge in [-0.2, -0.15) is 9.78 Å². The topological polar surface area (TPSA) is 137 Å². The van der Waals surface area contributed by atoms with Crippen LogP contribution in [0.3, 0.4) is 0 Å². The smallest absolute Gasteiger partial charge is 0.346 e. The lowest BCUT2D eigenvalue weighted by molar-refractivity contribution is -0.137. The maximum Gasteiger partial charge on any atom is 0.346 e. The molecule has 0 saturated heterocycles. The van der Waals surface area contributed by atoms with Crippen molar-refractivity contribution in [2.45, 2.75) is 16.3 Å². The van der Waals surface area contributed by atoms with E-state index in [-0.39, 0.29) is 10.6 Å². The van der Waals surface area contributed by atoms with Gasteiger partial charge in [0.05, 0.1) is 10.6 Å². The molecule has 2 atom stereocenters. The third-order valence-corrected chi connectivity index (χ3v) is 6.63. The molecule has 2 aromatic rings. The zero-order chi connectivity index (χ0) is 18.6. The minimum atomic E-state index is -3.70. The Bertz CT molecular complexity index is 891. The molecule has 1 unspecified atom stereocenters. The summed E-state index contributed by atoms with van der Waals surface area (Å²) in [5.41, 5.74) is 4.98. The number of thioether (sulfide) groups is 1. The fourth-order valence-electron chi connectivity index (χ4n) is 1.98. The highest BCUT2D eigenvalue weighted by atomic mass is 32.2. The van der Waals surface area contributed by atoms with E-state index in [1.165, 1.54) is 30.1 Å². The number of carbonyl (C=O) groups is 1. The number of nitrogens with zero attached hydrogens (tertiary/aromatic N) is 3. The Labute approximate surface area is 148 Å². The lowest BCUT2D eigenvalue weighted by Gasteiger charge is -2.17. The highest BCUT2D eigenvalue weighted by Crippen LogP contribution is 2.26. The van der Waals surface area contributed by atoms with Gasteiger partial charge in [-0.1, -0.05) is 18.2 Å². The van der Waals surface area contributed by atoms with Crippen LogP contribution in [0.5, 0.6) is 0 Å². The Balaban J connectivity index is 2.30. The van der Waals surface area contributed by atoms with Crippen LogP contribution in [0, 0.1) is 0 Å². The molecule has 136 valence electrons. The second-order valence-corrected chi connectivity index (χ2v) is 8.54. The number of rotatable bonds is 8. The first-order chi connectivity index (χ1) is 11.7. The van der Waals surface area contributed by atoms with E-state index in [1.807, 2.05) is 0 Å². The zero-order valence-electron chi connectivity index (χ0n) is 13.3. The van der Waals surface area contributed by atoms with Crippen LogP contribution in [-0.4, -0.2) is 51.4 Å². The monoisotopic (exact) mass is 386 g/mol. The van der Waals surface area contributed by atoms with Gasteiger partial charge in [0.15, 0.2) is 9.84 Å². The van der Waals surface area contributed by atoms with Crippen molar-refractivity contribution in [1.82, 2.24) is 14.3 Å². The molecule has 0 bridgehead atoms. The number of aryl methyl sites for hydroxylation is 1. The molecule has 25 heavy (non-hydrogen) atoms.